The third-order valence-electron chi connectivity index (χ3n) is 3.56. The smallest absolute Gasteiger partial charge is 0.408 e. The quantitative estimate of drug-likeness (QED) is 0.594. The predicted molar refractivity (Wildman–Crippen MR) is 87.0 cm³/mol. The van der Waals surface area contributed by atoms with Gasteiger partial charge in [-0.3, -0.25) is 4.98 Å². The van der Waals surface area contributed by atoms with Crippen LogP contribution in [-0.2, 0) is 0 Å². The summed E-state index contributed by atoms with van der Waals surface area (Å²) in [5.74, 6) is 1.02. The van der Waals surface area contributed by atoms with Crippen LogP contribution >= 0.6 is 0 Å². The van der Waals surface area contributed by atoms with E-state index in [-0.39, 0.29) is 0 Å². The van der Waals surface area contributed by atoms with Crippen LogP contribution in [0.15, 0.2) is 54.7 Å². The Labute approximate surface area is 130 Å². The summed E-state index contributed by atoms with van der Waals surface area (Å²) in [5, 5.41) is 1.03. The number of carbonyl (C=O) groups is 1. The van der Waals surface area contributed by atoms with E-state index in [0.29, 0.717) is 17.1 Å². The number of rotatable bonds is 2. The van der Waals surface area contributed by atoms with Gasteiger partial charge in [0.05, 0.1) is 11.0 Å². The molecule has 23 heavy (non-hydrogen) atoms. The summed E-state index contributed by atoms with van der Waals surface area (Å²) in [6.07, 6.45) is 0.898. The number of para-hydroxylation sites is 1. The summed E-state index contributed by atoms with van der Waals surface area (Å²) in [6.45, 7) is 0. The number of carbonyl (C=O) groups excluding carboxylic acids is 1. The van der Waals surface area contributed by atoms with Gasteiger partial charge in [-0.2, -0.15) is 0 Å². The third kappa shape index (κ3) is 2.36. The molecule has 0 unspecified atom stereocenters. The van der Waals surface area contributed by atoms with Crippen LogP contribution < -0.4 is 10.5 Å². The van der Waals surface area contributed by atoms with E-state index in [4.69, 9.17) is 10.5 Å². The zero-order valence-electron chi connectivity index (χ0n) is 12.0. The van der Waals surface area contributed by atoms with E-state index in [9.17, 15) is 4.79 Å². The summed E-state index contributed by atoms with van der Waals surface area (Å²) >= 11 is 0. The van der Waals surface area contributed by atoms with Gasteiger partial charge in [0.25, 0.3) is 0 Å². The molecule has 0 bridgehead atoms. The molecule has 112 valence electrons. The first kappa shape index (κ1) is 13.3. The van der Waals surface area contributed by atoms with Crippen molar-refractivity contribution in [2.24, 2.45) is 5.73 Å². The van der Waals surface area contributed by atoms with Gasteiger partial charge in [0.1, 0.15) is 11.3 Å². The van der Waals surface area contributed by atoms with Crippen molar-refractivity contribution in [2.45, 2.75) is 0 Å². The maximum Gasteiger partial charge on any atom is 0.410 e. The number of primary amides is 1. The summed E-state index contributed by atoms with van der Waals surface area (Å²) in [6, 6.07) is 15.1. The van der Waals surface area contributed by atoms with Gasteiger partial charge < -0.3 is 15.5 Å². The van der Waals surface area contributed by atoms with E-state index in [2.05, 4.69) is 15.0 Å². The van der Waals surface area contributed by atoms with Gasteiger partial charge in [-0.15, -0.1) is 0 Å². The molecule has 0 saturated carbocycles. The highest BCUT2D eigenvalue weighted by atomic mass is 16.5. The number of hydrogen-bond acceptors (Lipinski definition) is 4. The van der Waals surface area contributed by atoms with Crippen molar-refractivity contribution in [3.63, 3.8) is 0 Å². The largest absolute Gasteiger partial charge is 0.410 e. The first-order valence-electron chi connectivity index (χ1n) is 7.02. The number of aromatic nitrogens is 3. The Morgan fingerprint density at radius 3 is 2.91 bits per heavy atom. The highest BCUT2D eigenvalue weighted by Crippen LogP contribution is 2.28. The number of imidazole rings is 1. The lowest BCUT2D eigenvalue weighted by Gasteiger charge is -2.00. The number of ether oxygens (including phenoxy) is 1. The lowest BCUT2D eigenvalue weighted by atomic mass is 10.1. The minimum absolute atomic E-state index is 0.333. The summed E-state index contributed by atoms with van der Waals surface area (Å²) in [5.41, 5.74) is 8.26. The number of nitrogens with one attached hydrogen (secondary N) is 1. The summed E-state index contributed by atoms with van der Waals surface area (Å²) in [7, 11) is 0. The van der Waals surface area contributed by atoms with E-state index in [0.717, 1.165) is 22.0 Å². The van der Waals surface area contributed by atoms with Gasteiger partial charge in [0.15, 0.2) is 5.75 Å². The van der Waals surface area contributed by atoms with Gasteiger partial charge >= 0.3 is 6.09 Å². The van der Waals surface area contributed by atoms with Crippen LogP contribution in [0.1, 0.15) is 0 Å². The average Bonchev–Trinajstić information content (AvgIpc) is 2.99. The van der Waals surface area contributed by atoms with Crippen molar-refractivity contribution >= 4 is 28.0 Å². The number of aromatic amines is 1. The Kier molecular flexibility index (Phi) is 2.94. The Morgan fingerprint density at radius 1 is 1.13 bits per heavy atom. The number of H-pyrrole nitrogens is 1. The van der Waals surface area contributed by atoms with Crippen LogP contribution in [0.2, 0.25) is 0 Å². The first-order chi connectivity index (χ1) is 11.2. The van der Waals surface area contributed by atoms with Crippen LogP contribution in [0.25, 0.3) is 33.3 Å². The molecule has 2 aromatic heterocycles. The average molecular weight is 304 g/mol. The second kappa shape index (κ2) is 5.10. The molecular formula is C17H12N4O2. The van der Waals surface area contributed by atoms with E-state index in [1.165, 1.54) is 0 Å². The molecule has 0 atom stereocenters. The second-order valence-corrected chi connectivity index (χ2v) is 5.07. The zero-order valence-corrected chi connectivity index (χ0v) is 12.0. The standard InChI is InChI=1S/C17H12N4O2/c18-17(22)23-14-5-1-4-13-15(14)21-16(20-13)11-6-7-12-10(9-11)3-2-8-19-12/h1-9H,(H2,18,22)(H,20,21). The molecule has 0 aliphatic carbocycles. The zero-order chi connectivity index (χ0) is 15.8. The van der Waals surface area contributed by atoms with Gasteiger partial charge in [0.2, 0.25) is 0 Å². The van der Waals surface area contributed by atoms with Crippen molar-refractivity contribution in [2.75, 3.05) is 0 Å². The van der Waals surface area contributed by atoms with Crippen molar-refractivity contribution in [3.8, 4) is 17.1 Å². The Hall–Kier alpha value is -3.41. The van der Waals surface area contributed by atoms with Crippen molar-refractivity contribution in [1.82, 2.24) is 15.0 Å². The number of fused-ring (bicyclic) bond motifs is 2. The van der Waals surface area contributed by atoms with Gasteiger partial charge in [0, 0.05) is 17.1 Å². The second-order valence-electron chi connectivity index (χ2n) is 5.07. The molecule has 0 fully saturated rings. The third-order valence-corrected chi connectivity index (χ3v) is 3.56. The van der Waals surface area contributed by atoms with Crippen molar-refractivity contribution in [1.29, 1.82) is 0 Å². The fourth-order valence-corrected chi connectivity index (χ4v) is 2.56. The molecule has 2 heterocycles. The number of pyridine rings is 1. The van der Waals surface area contributed by atoms with E-state index >= 15 is 0 Å². The molecular weight excluding hydrogens is 292 g/mol. The molecule has 0 radical (unpaired) electrons. The fraction of sp³-hybridized carbons (Fsp3) is 0. The summed E-state index contributed by atoms with van der Waals surface area (Å²) in [4.78, 5) is 23.1. The topological polar surface area (TPSA) is 93.9 Å². The van der Waals surface area contributed by atoms with Gasteiger partial charge in [-0.25, -0.2) is 9.78 Å². The molecule has 6 nitrogen and oxygen atoms in total. The fourth-order valence-electron chi connectivity index (χ4n) is 2.56. The van der Waals surface area contributed by atoms with E-state index < -0.39 is 6.09 Å². The summed E-state index contributed by atoms with van der Waals surface area (Å²) < 4.78 is 4.99. The number of nitrogens with zero attached hydrogens (tertiary/aromatic N) is 2. The number of hydrogen-bond donors (Lipinski definition) is 2. The molecule has 0 spiro atoms. The SMILES string of the molecule is NC(=O)Oc1cccc2[nH]c(-c3ccc4ncccc4c3)nc12. The van der Waals surface area contributed by atoms with Gasteiger partial charge in [-0.1, -0.05) is 12.1 Å². The Morgan fingerprint density at radius 2 is 2.04 bits per heavy atom. The van der Waals surface area contributed by atoms with Crippen LogP contribution in [0.4, 0.5) is 4.79 Å². The molecule has 0 saturated heterocycles. The molecule has 3 N–H and O–H groups in total. The number of amides is 1. The normalized spacial score (nSPS) is 11.0. The number of benzene rings is 2. The van der Waals surface area contributed by atoms with E-state index in [1.807, 2.05) is 36.4 Å². The predicted octanol–water partition coefficient (Wildman–Crippen LogP) is 3.24. The molecule has 4 rings (SSSR count). The van der Waals surface area contributed by atoms with Crippen molar-refractivity contribution < 1.29 is 9.53 Å². The van der Waals surface area contributed by atoms with Crippen molar-refractivity contribution in [3.05, 3.63) is 54.7 Å². The highest BCUT2D eigenvalue weighted by Gasteiger charge is 2.11. The monoisotopic (exact) mass is 304 g/mol. The highest BCUT2D eigenvalue weighted by molar-refractivity contribution is 5.89. The molecule has 0 aliphatic heterocycles. The lowest BCUT2D eigenvalue weighted by molar-refractivity contribution is 0.211. The Bertz CT molecular complexity index is 1040. The van der Waals surface area contributed by atoms with Gasteiger partial charge in [-0.05, 0) is 36.4 Å². The maximum atomic E-state index is 11.0. The van der Waals surface area contributed by atoms with Crippen LogP contribution in [-0.4, -0.2) is 21.0 Å². The number of nitrogens with two attached hydrogens (primary N) is 1. The lowest BCUT2D eigenvalue weighted by Crippen LogP contribution is -2.16. The first-order valence-corrected chi connectivity index (χ1v) is 7.02. The molecule has 2 aromatic carbocycles. The maximum absolute atomic E-state index is 11.0. The molecule has 0 aliphatic rings. The molecule has 6 heteroatoms. The minimum Gasteiger partial charge on any atom is -0.408 e. The van der Waals surface area contributed by atoms with Crippen LogP contribution in [0, 0.1) is 0 Å². The van der Waals surface area contributed by atoms with Crippen LogP contribution in [0.5, 0.6) is 5.75 Å². The minimum atomic E-state index is -0.862. The van der Waals surface area contributed by atoms with Crippen LogP contribution in [0.3, 0.4) is 0 Å². The molecule has 4 aromatic rings. The Balaban J connectivity index is 1.86. The van der Waals surface area contributed by atoms with E-state index in [1.54, 1.807) is 18.3 Å². The molecule has 1 amide bonds.